The molecular weight excluding hydrogens is 338 g/mol. The lowest BCUT2D eigenvalue weighted by molar-refractivity contribution is -0.123. The predicted octanol–water partition coefficient (Wildman–Crippen LogP) is 4.29. The van der Waals surface area contributed by atoms with Gasteiger partial charge in [-0.2, -0.15) is 0 Å². The number of hydrogen-bond donors (Lipinski definition) is 1. The topological polar surface area (TPSA) is 52.7 Å². The molecule has 2 aromatic rings. The van der Waals surface area contributed by atoms with E-state index in [2.05, 4.69) is 5.32 Å². The van der Waals surface area contributed by atoms with Gasteiger partial charge in [0, 0.05) is 36.9 Å². The Morgan fingerprint density at radius 2 is 1.78 bits per heavy atom. The zero-order valence-electron chi connectivity index (χ0n) is 16.0. The van der Waals surface area contributed by atoms with Crippen LogP contribution in [0.15, 0.2) is 54.6 Å². The van der Waals surface area contributed by atoms with E-state index < -0.39 is 0 Å². The van der Waals surface area contributed by atoms with Crippen molar-refractivity contribution in [3.05, 3.63) is 60.2 Å². The number of hydrogen-bond acceptors (Lipinski definition) is 2. The Kier molecular flexibility index (Phi) is 6.12. The first-order chi connectivity index (χ1) is 13.1. The average molecular weight is 365 g/mol. The van der Waals surface area contributed by atoms with Crippen LogP contribution in [0.3, 0.4) is 0 Å². The molecule has 0 aliphatic carbocycles. The van der Waals surface area contributed by atoms with Gasteiger partial charge >= 0.3 is 6.03 Å². The van der Waals surface area contributed by atoms with Crippen molar-refractivity contribution in [2.45, 2.75) is 26.7 Å². The number of anilines is 2. The van der Waals surface area contributed by atoms with Gasteiger partial charge < -0.3 is 15.1 Å². The number of benzene rings is 2. The number of amides is 3. The summed E-state index contributed by atoms with van der Waals surface area (Å²) < 4.78 is 0. The van der Waals surface area contributed by atoms with Gasteiger partial charge in [-0.05, 0) is 56.5 Å². The van der Waals surface area contributed by atoms with Crippen molar-refractivity contribution in [2.24, 2.45) is 5.92 Å². The summed E-state index contributed by atoms with van der Waals surface area (Å²) >= 11 is 0. The van der Waals surface area contributed by atoms with E-state index in [1.165, 1.54) is 0 Å². The number of nitrogens with one attached hydrogen (secondary N) is 1. The number of nitrogens with zero attached hydrogens (tertiary/aromatic N) is 2. The maximum Gasteiger partial charge on any atom is 0.321 e. The summed E-state index contributed by atoms with van der Waals surface area (Å²) in [5.74, 6) is 0.123. The lowest BCUT2D eigenvalue weighted by Gasteiger charge is -2.34. The summed E-state index contributed by atoms with van der Waals surface area (Å²) in [5.41, 5.74) is 2.88. The Balaban J connectivity index is 1.57. The lowest BCUT2D eigenvalue weighted by Crippen LogP contribution is -2.45. The minimum atomic E-state index is -0.0990. The van der Waals surface area contributed by atoms with E-state index in [1.807, 2.05) is 73.3 Å². The maximum atomic E-state index is 13.0. The van der Waals surface area contributed by atoms with Gasteiger partial charge in [-0.3, -0.25) is 4.79 Å². The van der Waals surface area contributed by atoms with Gasteiger partial charge in [0.15, 0.2) is 0 Å². The molecule has 1 aliphatic rings. The average Bonchev–Trinajstić information content (AvgIpc) is 2.69. The second-order valence-corrected chi connectivity index (χ2v) is 6.98. The van der Waals surface area contributed by atoms with E-state index >= 15 is 0 Å². The summed E-state index contributed by atoms with van der Waals surface area (Å²) in [5, 5.41) is 2.91. The van der Waals surface area contributed by atoms with Gasteiger partial charge in [0.05, 0.1) is 0 Å². The summed E-state index contributed by atoms with van der Waals surface area (Å²) in [4.78, 5) is 29.1. The molecule has 3 amide bonds. The highest BCUT2D eigenvalue weighted by Crippen LogP contribution is 2.24. The van der Waals surface area contributed by atoms with E-state index in [-0.39, 0.29) is 17.9 Å². The summed E-state index contributed by atoms with van der Waals surface area (Å²) in [6.45, 7) is 5.88. The molecule has 27 heavy (non-hydrogen) atoms. The Bertz CT molecular complexity index is 783. The zero-order valence-corrected chi connectivity index (χ0v) is 16.0. The van der Waals surface area contributed by atoms with Crippen LogP contribution in [-0.4, -0.2) is 36.5 Å². The van der Waals surface area contributed by atoms with Crippen molar-refractivity contribution in [1.82, 2.24) is 4.90 Å². The van der Waals surface area contributed by atoms with E-state index in [4.69, 9.17) is 0 Å². The molecule has 0 saturated carbocycles. The Morgan fingerprint density at radius 1 is 1.07 bits per heavy atom. The monoisotopic (exact) mass is 365 g/mol. The molecule has 5 nitrogen and oxygen atoms in total. The SMILES string of the molecule is CCN(C(=O)C1CCN(C(=O)Nc2ccccc2)CC1)c1cccc(C)c1. The normalized spacial score (nSPS) is 14.7. The summed E-state index contributed by atoms with van der Waals surface area (Å²) in [7, 11) is 0. The Morgan fingerprint density at radius 3 is 2.41 bits per heavy atom. The van der Waals surface area contributed by atoms with Crippen LogP contribution in [0.25, 0.3) is 0 Å². The van der Waals surface area contributed by atoms with Crippen LogP contribution in [0.1, 0.15) is 25.3 Å². The summed E-state index contributed by atoms with van der Waals surface area (Å²) in [6.07, 6.45) is 1.40. The first-order valence-corrected chi connectivity index (χ1v) is 9.57. The molecule has 5 heteroatoms. The van der Waals surface area contributed by atoms with Gasteiger partial charge in [-0.25, -0.2) is 4.79 Å². The summed E-state index contributed by atoms with van der Waals surface area (Å²) in [6, 6.07) is 17.4. The highest BCUT2D eigenvalue weighted by molar-refractivity contribution is 5.95. The van der Waals surface area contributed by atoms with Crippen molar-refractivity contribution >= 4 is 23.3 Å². The van der Waals surface area contributed by atoms with Crippen LogP contribution in [0, 0.1) is 12.8 Å². The highest BCUT2D eigenvalue weighted by atomic mass is 16.2. The van der Waals surface area contributed by atoms with E-state index in [1.54, 1.807) is 4.90 Å². The van der Waals surface area contributed by atoms with Crippen molar-refractivity contribution in [1.29, 1.82) is 0 Å². The number of carbonyl (C=O) groups excluding carboxylic acids is 2. The molecule has 0 unspecified atom stereocenters. The van der Waals surface area contributed by atoms with E-state index in [9.17, 15) is 9.59 Å². The molecule has 0 bridgehead atoms. The number of rotatable bonds is 4. The van der Waals surface area contributed by atoms with Crippen LogP contribution in [0.4, 0.5) is 16.2 Å². The van der Waals surface area contributed by atoms with Crippen LogP contribution in [0.5, 0.6) is 0 Å². The molecule has 1 fully saturated rings. The molecule has 0 spiro atoms. The smallest absolute Gasteiger partial charge is 0.321 e. The molecule has 0 atom stereocenters. The number of aryl methyl sites for hydroxylation is 1. The molecule has 0 aromatic heterocycles. The van der Waals surface area contributed by atoms with Gasteiger partial charge in [0.2, 0.25) is 5.91 Å². The number of carbonyl (C=O) groups is 2. The lowest BCUT2D eigenvalue weighted by atomic mass is 9.95. The van der Waals surface area contributed by atoms with Crippen LogP contribution in [0.2, 0.25) is 0 Å². The predicted molar refractivity (Wildman–Crippen MR) is 109 cm³/mol. The third-order valence-electron chi connectivity index (χ3n) is 5.05. The molecule has 1 saturated heterocycles. The van der Waals surface area contributed by atoms with Gasteiger partial charge in [0.1, 0.15) is 0 Å². The number of likely N-dealkylation sites (tertiary alicyclic amines) is 1. The fourth-order valence-electron chi connectivity index (χ4n) is 3.54. The van der Waals surface area contributed by atoms with Crippen molar-refractivity contribution in [2.75, 3.05) is 29.9 Å². The Labute approximate surface area is 161 Å². The Hall–Kier alpha value is -2.82. The molecule has 142 valence electrons. The molecule has 3 rings (SSSR count). The van der Waals surface area contributed by atoms with Gasteiger partial charge in [0.25, 0.3) is 0 Å². The minimum Gasteiger partial charge on any atom is -0.324 e. The van der Waals surface area contributed by atoms with E-state index in [0.717, 1.165) is 16.9 Å². The first kappa shape index (κ1) is 19.0. The third kappa shape index (κ3) is 4.67. The van der Waals surface area contributed by atoms with E-state index in [0.29, 0.717) is 32.5 Å². The van der Waals surface area contributed by atoms with Crippen LogP contribution in [-0.2, 0) is 4.79 Å². The standard InChI is InChI=1S/C22H27N3O2/c1-3-25(20-11-7-8-17(2)16-20)21(26)18-12-14-24(15-13-18)22(27)23-19-9-5-4-6-10-19/h4-11,16,18H,3,12-15H2,1-2H3,(H,23,27). The van der Waals surface area contributed by atoms with Gasteiger partial charge in [-0.1, -0.05) is 30.3 Å². The first-order valence-electron chi connectivity index (χ1n) is 9.57. The number of urea groups is 1. The molecule has 1 N–H and O–H groups in total. The number of piperidine rings is 1. The zero-order chi connectivity index (χ0) is 19.2. The van der Waals surface area contributed by atoms with Crippen molar-refractivity contribution in [3.63, 3.8) is 0 Å². The third-order valence-corrected chi connectivity index (χ3v) is 5.05. The highest BCUT2D eigenvalue weighted by Gasteiger charge is 2.30. The minimum absolute atomic E-state index is 0.0359. The molecule has 1 heterocycles. The second kappa shape index (κ2) is 8.71. The van der Waals surface area contributed by atoms with Gasteiger partial charge in [-0.15, -0.1) is 0 Å². The fourth-order valence-corrected chi connectivity index (χ4v) is 3.54. The van der Waals surface area contributed by atoms with Crippen molar-refractivity contribution in [3.8, 4) is 0 Å². The number of para-hydroxylation sites is 1. The molecular formula is C22H27N3O2. The fraction of sp³-hybridized carbons (Fsp3) is 0.364. The van der Waals surface area contributed by atoms with Crippen molar-refractivity contribution < 1.29 is 9.59 Å². The maximum absolute atomic E-state index is 13.0. The second-order valence-electron chi connectivity index (χ2n) is 6.98. The molecule has 1 aliphatic heterocycles. The quantitative estimate of drug-likeness (QED) is 0.879. The van der Waals surface area contributed by atoms with Crippen LogP contribution >= 0.6 is 0 Å². The molecule has 0 radical (unpaired) electrons. The largest absolute Gasteiger partial charge is 0.324 e. The molecule has 2 aromatic carbocycles. The van der Waals surface area contributed by atoms with Crippen LogP contribution < -0.4 is 10.2 Å².